The van der Waals surface area contributed by atoms with E-state index in [-0.39, 0.29) is 5.95 Å². The van der Waals surface area contributed by atoms with Gasteiger partial charge in [-0.2, -0.15) is 15.0 Å². The molecule has 146 valence electrons. The summed E-state index contributed by atoms with van der Waals surface area (Å²) in [7, 11) is 1.61. The molecule has 2 heterocycles. The van der Waals surface area contributed by atoms with E-state index in [2.05, 4.69) is 35.5 Å². The molecular weight excluding hydrogens is 376 g/mol. The van der Waals surface area contributed by atoms with E-state index in [1.165, 1.54) is 37.4 Å². The Labute approximate surface area is 166 Å². The maximum Gasteiger partial charge on any atom is 0.232 e. The van der Waals surface area contributed by atoms with Crippen molar-refractivity contribution in [3.63, 3.8) is 0 Å². The minimum atomic E-state index is 0.157. The van der Waals surface area contributed by atoms with Crippen LogP contribution in [0.25, 0.3) is 0 Å². The minimum absolute atomic E-state index is 0.157. The van der Waals surface area contributed by atoms with Crippen LogP contribution in [0.15, 0.2) is 29.4 Å². The maximum atomic E-state index is 5.86. The zero-order valence-electron chi connectivity index (χ0n) is 15.6. The van der Waals surface area contributed by atoms with Crippen LogP contribution in [-0.4, -0.2) is 37.2 Å². The molecule has 1 aliphatic rings. The lowest BCUT2D eigenvalue weighted by Crippen LogP contribution is -2.07. The molecule has 0 saturated heterocycles. The number of aromatic amines is 1. The molecule has 1 aromatic carbocycles. The van der Waals surface area contributed by atoms with Gasteiger partial charge in [0.2, 0.25) is 17.1 Å². The Hall–Kier alpha value is -2.88. The van der Waals surface area contributed by atoms with Gasteiger partial charge >= 0.3 is 0 Å². The van der Waals surface area contributed by atoms with Gasteiger partial charge in [0.15, 0.2) is 0 Å². The van der Waals surface area contributed by atoms with Crippen LogP contribution in [0.3, 0.4) is 0 Å². The zero-order valence-corrected chi connectivity index (χ0v) is 16.4. The van der Waals surface area contributed by atoms with Crippen molar-refractivity contribution in [1.82, 2.24) is 30.1 Å². The van der Waals surface area contributed by atoms with E-state index in [0.29, 0.717) is 34.3 Å². The second-order valence-corrected chi connectivity index (χ2v) is 7.47. The topological polar surface area (TPSA) is 128 Å². The number of rotatable bonds is 7. The molecule has 10 heteroatoms. The Kier molecular flexibility index (Phi) is 5.56. The third-order valence-corrected chi connectivity index (χ3v) is 5.45. The first-order valence-corrected chi connectivity index (χ1v) is 10.2. The zero-order chi connectivity index (χ0) is 19.3. The summed E-state index contributed by atoms with van der Waals surface area (Å²) in [5.74, 6) is 3.76. The predicted octanol–water partition coefficient (Wildman–Crippen LogP) is 3.27. The van der Waals surface area contributed by atoms with Crippen molar-refractivity contribution >= 4 is 29.3 Å². The van der Waals surface area contributed by atoms with Gasteiger partial charge in [-0.1, -0.05) is 36.7 Å². The predicted molar refractivity (Wildman–Crippen MR) is 108 cm³/mol. The quantitative estimate of drug-likeness (QED) is 0.514. The number of nitrogen functional groups attached to an aromatic ring is 1. The number of hydrogen-bond donors (Lipinski definition) is 3. The second kappa shape index (κ2) is 8.42. The molecule has 1 saturated carbocycles. The van der Waals surface area contributed by atoms with Gasteiger partial charge in [-0.3, -0.25) is 5.10 Å². The van der Waals surface area contributed by atoms with E-state index in [0.717, 1.165) is 11.5 Å². The number of H-pyrrole nitrogens is 1. The molecule has 4 N–H and O–H groups in total. The summed E-state index contributed by atoms with van der Waals surface area (Å²) in [5.41, 5.74) is 6.61. The van der Waals surface area contributed by atoms with E-state index in [1.54, 1.807) is 7.11 Å². The lowest BCUT2D eigenvalue weighted by atomic mass is 10.1. The number of nitrogens with two attached hydrogens (primary N) is 1. The van der Waals surface area contributed by atoms with E-state index >= 15 is 0 Å². The van der Waals surface area contributed by atoms with E-state index in [4.69, 9.17) is 10.5 Å². The lowest BCUT2D eigenvalue weighted by Gasteiger charge is -2.10. The van der Waals surface area contributed by atoms with E-state index in [9.17, 15) is 0 Å². The summed E-state index contributed by atoms with van der Waals surface area (Å²) < 4.78 is 5.34. The van der Waals surface area contributed by atoms with Crippen molar-refractivity contribution in [1.29, 1.82) is 0 Å². The van der Waals surface area contributed by atoms with E-state index < -0.39 is 0 Å². The Balaban J connectivity index is 1.44. The number of thioether (sulfide) groups is 1. The standard InChI is InChI=1S/C18H22N8OS/c1-27-13-9-5-4-8-12(13)20-17-22-14(21-16(19)24-17)10-28-18-23-15(25-26-18)11-6-2-3-7-11/h4-5,8-9,11H,2-3,6-7,10H2,1H3,(H,23,25,26)(H3,19,20,21,22,24). The molecular formula is C18H22N8OS. The van der Waals surface area contributed by atoms with Crippen molar-refractivity contribution in [3.05, 3.63) is 35.9 Å². The van der Waals surface area contributed by atoms with Gasteiger partial charge in [0.1, 0.15) is 17.4 Å². The SMILES string of the molecule is COc1ccccc1Nc1nc(N)nc(CSc2n[nH]c(C3CCCC3)n2)n1. The highest BCUT2D eigenvalue weighted by Crippen LogP contribution is 2.33. The van der Waals surface area contributed by atoms with Crippen molar-refractivity contribution in [2.75, 3.05) is 18.2 Å². The fraction of sp³-hybridized carbons (Fsp3) is 0.389. The smallest absolute Gasteiger partial charge is 0.232 e. The van der Waals surface area contributed by atoms with Crippen LogP contribution in [0.5, 0.6) is 5.75 Å². The van der Waals surface area contributed by atoms with Crippen LogP contribution in [0, 0.1) is 0 Å². The van der Waals surface area contributed by atoms with Crippen molar-refractivity contribution in [3.8, 4) is 5.75 Å². The van der Waals surface area contributed by atoms with Gasteiger partial charge in [0.25, 0.3) is 0 Å². The van der Waals surface area contributed by atoms with Gasteiger partial charge in [-0.15, -0.1) is 5.10 Å². The Bertz CT molecular complexity index is 941. The Morgan fingerprint density at radius 3 is 2.82 bits per heavy atom. The minimum Gasteiger partial charge on any atom is -0.495 e. The van der Waals surface area contributed by atoms with Crippen molar-refractivity contribution in [2.24, 2.45) is 0 Å². The van der Waals surface area contributed by atoms with Gasteiger partial charge in [0, 0.05) is 5.92 Å². The number of nitrogens with one attached hydrogen (secondary N) is 2. The van der Waals surface area contributed by atoms with Crippen LogP contribution in [0.1, 0.15) is 43.3 Å². The number of anilines is 3. The molecule has 0 unspecified atom stereocenters. The first-order valence-electron chi connectivity index (χ1n) is 9.17. The molecule has 1 fully saturated rings. The molecule has 4 rings (SSSR count). The fourth-order valence-electron chi connectivity index (χ4n) is 3.26. The Morgan fingerprint density at radius 1 is 1.18 bits per heavy atom. The molecule has 3 aromatic rings. The third-order valence-electron chi connectivity index (χ3n) is 4.61. The summed E-state index contributed by atoms with van der Waals surface area (Å²) in [6, 6.07) is 7.53. The van der Waals surface area contributed by atoms with Crippen LogP contribution in [0.2, 0.25) is 0 Å². The number of aromatic nitrogens is 6. The molecule has 0 amide bonds. The van der Waals surface area contributed by atoms with Gasteiger partial charge in [-0.05, 0) is 25.0 Å². The molecule has 0 aliphatic heterocycles. The molecule has 2 aromatic heterocycles. The summed E-state index contributed by atoms with van der Waals surface area (Å²) in [6.07, 6.45) is 4.89. The first kappa shape index (κ1) is 18.5. The molecule has 28 heavy (non-hydrogen) atoms. The highest BCUT2D eigenvalue weighted by atomic mass is 32.2. The average Bonchev–Trinajstić information content (AvgIpc) is 3.38. The summed E-state index contributed by atoms with van der Waals surface area (Å²) in [5, 5.41) is 11.2. The fourth-order valence-corrected chi connectivity index (χ4v) is 3.92. The van der Waals surface area contributed by atoms with Gasteiger partial charge in [-0.25, -0.2) is 4.98 Å². The van der Waals surface area contributed by atoms with Crippen LogP contribution < -0.4 is 15.8 Å². The van der Waals surface area contributed by atoms with Crippen LogP contribution >= 0.6 is 11.8 Å². The number of benzene rings is 1. The number of methoxy groups -OCH3 is 1. The second-order valence-electron chi connectivity index (χ2n) is 6.53. The number of ether oxygens (including phenoxy) is 1. The summed E-state index contributed by atoms with van der Waals surface area (Å²) in [4.78, 5) is 17.4. The lowest BCUT2D eigenvalue weighted by molar-refractivity contribution is 0.417. The molecule has 1 aliphatic carbocycles. The van der Waals surface area contributed by atoms with Crippen molar-refractivity contribution < 1.29 is 4.74 Å². The average molecular weight is 398 g/mol. The van der Waals surface area contributed by atoms with Gasteiger partial charge in [0.05, 0.1) is 18.6 Å². The normalized spacial score (nSPS) is 14.3. The van der Waals surface area contributed by atoms with E-state index in [1.807, 2.05) is 24.3 Å². The maximum absolute atomic E-state index is 5.86. The molecule has 0 radical (unpaired) electrons. The highest BCUT2D eigenvalue weighted by Gasteiger charge is 2.20. The van der Waals surface area contributed by atoms with Crippen molar-refractivity contribution in [2.45, 2.75) is 42.5 Å². The monoisotopic (exact) mass is 398 g/mol. The largest absolute Gasteiger partial charge is 0.495 e. The van der Waals surface area contributed by atoms with Crippen LogP contribution in [0.4, 0.5) is 17.6 Å². The number of nitrogens with zero attached hydrogens (tertiary/aromatic N) is 5. The number of para-hydroxylation sites is 2. The molecule has 0 bridgehead atoms. The van der Waals surface area contributed by atoms with Gasteiger partial charge < -0.3 is 15.8 Å². The Morgan fingerprint density at radius 2 is 2.00 bits per heavy atom. The first-order chi connectivity index (χ1) is 13.7. The molecule has 0 spiro atoms. The third kappa shape index (κ3) is 4.33. The molecule has 9 nitrogen and oxygen atoms in total. The highest BCUT2D eigenvalue weighted by molar-refractivity contribution is 7.98. The number of hydrogen-bond acceptors (Lipinski definition) is 9. The molecule has 0 atom stereocenters. The summed E-state index contributed by atoms with van der Waals surface area (Å²) >= 11 is 1.47. The van der Waals surface area contributed by atoms with Crippen LogP contribution in [-0.2, 0) is 5.75 Å². The summed E-state index contributed by atoms with van der Waals surface area (Å²) in [6.45, 7) is 0.